The summed E-state index contributed by atoms with van der Waals surface area (Å²) in [6.07, 6.45) is 0. The van der Waals surface area contributed by atoms with Crippen molar-refractivity contribution in [3.8, 4) is 22.5 Å². The molecule has 2 heterocycles. The Kier molecular flexibility index (Phi) is 2.18. The quantitative estimate of drug-likeness (QED) is 0.712. The van der Waals surface area contributed by atoms with Gasteiger partial charge in [0.1, 0.15) is 6.67 Å². The van der Waals surface area contributed by atoms with E-state index in [0.717, 1.165) is 17.9 Å². The third kappa shape index (κ3) is 1.63. The maximum atomic E-state index is 4.67. The topological polar surface area (TPSA) is 29.9 Å². The molecule has 1 N–H and O–H groups in total. The third-order valence-corrected chi connectivity index (χ3v) is 3.47. The number of para-hydroxylation sites is 1. The summed E-state index contributed by atoms with van der Waals surface area (Å²) in [7, 11) is 0. The van der Waals surface area contributed by atoms with E-state index in [1.807, 2.05) is 22.9 Å². The second-order valence-electron chi connectivity index (χ2n) is 4.66. The smallest absolute Gasteiger partial charge is 0.110 e. The number of aromatic nitrogens is 2. The highest BCUT2D eigenvalue weighted by molar-refractivity contribution is 5.79. The van der Waals surface area contributed by atoms with Gasteiger partial charge in [0.05, 0.1) is 11.4 Å². The summed E-state index contributed by atoms with van der Waals surface area (Å²) >= 11 is 0. The zero-order valence-electron chi connectivity index (χ0n) is 10.4. The van der Waals surface area contributed by atoms with Crippen molar-refractivity contribution in [1.82, 2.24) is 9.78 Å². The van der Waals surface area contributed by atoms with Crippen LogP contribution in [0.1, 0.15) is 0 Å². The first-order chi connectivity index (χ1) is 9.42. The fourth-order valence-corrected chi connectivity index (χ4v) is 2.52. The van der Waals surface area contributed by atoms with Gasteiger partial charge in [0.15, 0.2) is 0 Å². The van der Waals surface area contributed by atoms with E-state index in [4.69, 9.17) is 0 Å². The summed E-state index contributed by atoms with van der Waals surface area (Å²) in [5, 5.41) is 8.06. The molecule has 0 fully saturated rings. The molecule has 1 aromatic heterocycles. The van der Waals surface area contributed by atoms with Crippen molar-refractivity contribution < 1.29 is 0 Å². The maximum Gasteiger partial charge on any atom is 0.110 e. The summed E-state index contributed by atoms with van der Waals surface area (Å²) in [6, 6.07) is 20.8. The van der Waals surface area contributed by atoms with Crippen molar-refractivity contribution in [1.29, 1.82) is 0 Å². The number of hydrogen-bond acceptors (Lipinski definition) is 2. The first-order valence-electron chi connectivity index (χ1n) is 6.38. The molecule has 0 bridgehead atoms. The number of fused-ring (bicyclic) bond motifs is 3. The largest absolute Gasteiger partial charge is 0.366 e. The lowest BCUT2D eigenvalue weighted by Gasteiger charge is -2.19. The molecule has 4 rings (SSSR count). The lowest BCUT2D eigenvalue weighted by atomic mass is 10.1. The van der Waals surface area contributed by atoms with E-state index >= 15 is 0 Å². The average molecular weight is 247 g/mol. The highest BCUT2D eigenvalue weighted by Gasteiger charge is 2.17. The Bertz CT molecular complexity index is 729. The molecule has 19 heavy (non-hydrogen) atoms. The van der Waals surface area contributed by atoms with Crippen LogP contribution < -0.4 is 5.32 Å². The summed E-state index contributed by atoms with van der Waals surface area (Å²) in [5.74, 6) is 0. The minimum absolute atomic E-state index is 0.721. The van der Waals surface area contributed by atoms with Crippen molar-refractivity contribution in [3.63, 3.8) is 0 Å². The fourth-order valence-electron chi connectivity index (χ4n) is 2.52. The van der Waals surface area contributed by atoms with E-state index in [-0.39, 0.29) is 0 Å². The molecule has 92 valence electrons. The molecule has 1 aliphatic heterocycles. The summed E-state index contributed by atoms with van der Waals surface area (Å²) in [6.45, 7) is 0.721. The van der Waals surface area contributed by atoms with Crippen molar-refractivity contribution >= 4 is 5.69 Å². The molecule has 0 spiro atoms. The highest BCUT2D eigenvalue weighted by atomic mass is 15.3. The SMILES string of the molecule is c1ccc(-c2cc3n(n2)CNc2ccccc2-3)cc1. The molecule has 2 aromatic carbocycles. The number of nitrogens with one attached hydrogen (secondary N) is 1. The normalized spacial score (nSPS) is 12.4. The Morgan fingerprint density at radius 2 is 1.74 bits per heavy atom. The van der Waals surface area contributed by atoms with Gasteiger partial charge >= 0.3 is 0 Å². The van der Waals surface area contributed by atoms with Gasteiger partial charge < -0.3 is 5.32 Å². The molecule has 3 aromatic rings. The van der Waals surface area contributed by atoms with Crippen LogP contribution in [0, 0.1) is 0 Å². The predicted octanol–water partition coefficient (Wildman–Crippen LogP) is 3.60. The fraction of sp³-hybridized carbons (Fsp3) is 0.0625. The summed E-state index contributed by atoms with van der Waals surface area (Å²) < 4.78 is 2.02. The predicted molar refractivity (Wildman–Crippen MR) is 76.7 cm³/mol. The lowest BCUT2D eigenvalue weighted by Crippen LogP contribution is -2.16. The minimum atomic E-state index is 0.721. The average Bonchev–Trinajstić information content (AvgIpc) is 2.93. The molecular weight excluding hydrogens is 234 g/mol. The molecular formula is C16H13N3. The molecule has 3 nitrogen and oxygen atoms in total. The van der Waals surface area contributed by atoms with Crippen LogP contribution in [0.15, 0.2) is 60.7 Å². The highest BCUT2D eigenvalue weighted by Crippen LogP contribution is 2.34. The Hall–Kier alpha value is -2.55. The Morgan fingerprint density at radius 3 is 2.63 bits per heavy atom. The van der Waals surface area contributed by atoms with Crippen LogP contribution in [0.25, 0.3) is 22.5 Å². The van der Waals surface area contributed by atoms with Crippen molar-refractivity contribution in [2.45, 2.75) is 6.67 Å². The van der Waals surface area contributed by atoms with Crippen molar-refractivity contribution in [2.24, 2.45) is 0 Å². The van der Waals surface area contributed by atoms with Gasteiger partial charge in [-0.3, -0.25) is 0 Å². The van der Waals surface area contributed by atoms with Gasteiger partial charge in [-0.15, -0.1) is 0 Å². The van der Waals surface area contributed by atoms with Gasteiger partial charge in [-0.2, -0.15) is 5.10 Å². The van der Waals surface area contributed by atoms with Gasteiger partial charge in [-0.05, 0) is 12.1 Å². The molecule has 0 amide bonds. The van der Waals surface area contributed by atoms with Gasteiger partial charge in [0.25, 0.3) is 0 Å². The molecule has 0 saturated heterocycles. The molecule has 0 atom stereocenters. The molecule has 0 unspecified atom stereocenters. The van der Waals surface area contributed by atoms with E-state index in [9.17, 15) is 0 Å². The van der Waals surface area contributed by atoms with E-state index in [1.54, 1.807) is 0 Å². The van der Waals surface area contributed by atoms with Crippen LogP contribution in [0.4, 0.5) is 5.69 Å². The maximum absolute atomic E-state index is 4.67. The molecule has 0 aliphatic carbocycles. The second-order valence-corrected chi connectivity index (χ2v) is 4.66. The van der Waals surface area contributed by atoms with Crippen LogP contribution in [0.5, 0.6) is 0 Å². The minimum Gasteiger partial charge on any atom is -0.366 e. The second kappa shape index (κ2) is 3.99. The zero-order chi connectivity index (χ0) is 12.7. The zero-order valence-corrected chi connectivity index (χ0v) is 10.4. The van der Waals surface area contributed by atoms with Crippen molar-refractivity contribution in [2.75, 3.05) is 5.32 Å². The van der Waals surface area contributed by atoms with Crippen LogP contribution >= 0.6 is 0 Å². The van der Waals surface area contributed by atoms with E-state index < -0.39 is 0 Å². The Labute approximate surface area is 111 Å². The first kappa shape index (κ1) is 10.4. The van der Waals surface area contributed by atoms with Crippen LogP contribution in [-0.4, -0.2) is 9.78 Å². The van der Waals surface area contributed by atoms with Crippen LogP contribution in [0.3, 0.4) is 0 Å². The van der Waals surface area contributed by atoms with Gasteiger partial charge in [0, 0.05) is 16.8 Å². The summed E-state index contributed by atoms with van der Waals surface area (Å²) in [4.78, 5) is 0. The number of hydrogen-bond donors (Lipinski definition) is 1. The number of nitrogens with zero attached hydrogens (tertiary/aromatic N) is 2. The summed E-state index contributed by atoms with van der Waals surface area (Å²) in [5.41, 5.74) is 5.74. The van der Waals surface area contributed by atoms with Gasteiger partial charge in [-0.1, -0.05) is 48.5 Å². The molecule has 0 saturated carbocycles. The number of anilines is 1. The molecule has 1 aliphatic rings. The first-order valence-corrected chi connectivity index (χ1v) is 6.38. The molecule has 3 heteroatoms. The Morgan fingerprint density at radius 1 is 0.947 bits per heavy atom. The van der Waals surface area contributed by atoms with Crippen LogP contribution in [0.2, 0.25) is 0 Å². The van der Waals surface area contributed by atoms with Crippen LogP contribution in [-0.2, 0) is 6.67 Å². The number of rotatable bonds is 1. The van der Waals surface area contributed by atoms with Crippen molar-refractivity contribution in [3.05, 3.63) is 60.7 Å². The van der Waals surface area contributed by atoms with Gasteiger partial charge in [0.2, 0.25) is 0 Å². The number of benzene rings is 2. The van der Waals surface area contributed by atoms with Gasteiger partial charge in [-0.25, -0.2) is 4.68 Å². The van der Waals surface area contributed by atoms with E-state index in [0.29, 0.717) is 0 Å². The standard InChI is InChI=1S/C16H13N3/c1-2-6-12(7-3-1)15-10-16-13-8-4-5-9-14(13)17-11-19(16)18-15/h1-10,17H,11H2. The monoisotopic (exact) mass is 247 g/mol. The van der Waals surface area contributed by atoms with E-state index in [1.165, 1.54) is 16.9 Å². The third-order valence-electron chi connectivity index (χ3n) is 3.47. The Balaban J connectivity index is 1.88. The molecule has 0 radical (unpaired) electrons. The lowest BCUT2D eigenvalue weighted by molar-refractivity contribution is 0.670. The van der Waals surface area contributed by atoms with E-state index in [2.05, 4.69) is 52.9 Å².